The summed E-state index contributed by atoms with van der Waals surface area (Å²) in [6.07, 6.45) is 7.93. The van der Waals surface area contributed by atoms with E-state index >= 15 is 0 Å². The summed E-state index contributed by atoms with van der Waals surface area (Å²) in [5.74, 6) is 2.38. The third-order valence-electron chi connectivity index (χ3n) is 4.17. The van der Waals surface area contributed by atoms with E-state index in [4.69, 9.17) is 16.3 Å². The molecule has 1 aliphatic heterocycles. The van der Waals surface area contributed by atoms with Crippen molar-refractivity contribution in [2.75, 3.05) is 11.9 Å². The maximum atomic E-state index is 6.08. The molecule has 0 radical (unpaired) electrons. The number of ether oxygens (including phenoxy) is 1. The Morgan fingerprint density at radius 3 is 3.05 bits per heavy atom. The Labute approximate surface area is 133 Å². The van der Waals surface area contributed by atoms with E-state index in [1.54, 1.807) is 12.4 Å². The number of nitrogens with zero attached hydrogens (tertiary/aromatic N) is 3. The molecule has 2 aliphatic rings. The molecule has 2 atom stereocenters. The van der Waals surface area contributed by atoms with E-state index in [1.807, 2.05) is 6.07 Å². The standard InChI is InChI=1S/C15H18ClN5O/c16-11-8-17-6-5-12(11)18-7-10-3-4-13(22-10)15-19-14(20-21-15)9-1-2-9/h5-6,8-10,13H,1-4,7H2,(H,17,18)(H,19,20,21)/t10-,13+/m1/s1. The molecule has 0 unspecified atom stereocenters. The highest BCUT2D eigenvalue weighted by atomic mass is 35.5. The second-order valence-corrected chi connectivity index (χ2v) is 6.32. The van der Waals surface area contributed by atoms with Crippen LogP contribution >= 0.6 is 11.6 Å². The minimum absolute atomic E-state index is 0.0275. The lowest BCUT2D eigenvalue weighted by Crippen LogP contribution is -2.19. The average Bonchev–Trinajstić information content (AvgIpc) is 3.08. The number of hydrogen-bond donors (Lipinski definition) is 2. The van der Waals surface area contributed by atoms with Crippen molar-refractivity contribution in [2.24, 2.45) is 0 Å². The van der Waals surface area contributed by atoms with Gasteiger partial charge in [0.1, 0.15) is 6.10 Å². The second-order valence-electron chi connectivity index (χ2n) is 5.91. The van der Waals surface area contributed by atoms with E-state index in [2.05, 4.69) is 25.5 Å². The molecule has 7 heteroatoms. The number of hydrogen-bond acceptors (Lipinski definition) is 5. The molecular weight excluding hydrogens is 302 g/mol. The van der Waals surface area contributed by atoms with Gasteiger partial charge in [-0.1, -0.05) is 11.6 Å². The van der Waals surface area contributed by atoms with Crippen molar-refractivity contribution in [3.63, 3.8) is 0 Å². The van der Waals surface area contributed by atoms with E-state index in [-0.39, 0.29) is 12.2 Å². The fourth-order valence-electron chi connectivity index (χ4n) is 2.76. The molecule has 0 aromatic carbocycles. The topological polar surface area (TPSA) is 75.7 Å². The first kappa shape index (κ1) is 14.0. The lowest BCUT2D eigenvalue weighted by atomic mass is 10.2. The summed E-state index contributed by atoms with van der Waals surface area (Å²) in [5, 5.41) is 11.3. The molecule has 22 heavy (non-hydrogen) atoms. The Kier molecular flexibility index (Phi) is 3.72. The average molecular weight is 320 g/mol. The van der Waals surface area contributed by atoms with Crippen molar-refractivity contribution in [1.82, 2.24) is 20.2 Å². The molecule has 1 aliphatic carbocycles. The van der Waals surface area contributed by atoms with Crippen LogP contribution in [0.15, 0.2) is 18.5 Å². The van der Waals surface area contributed by atoms with Crippen LogP contribution in [-0.4, -0.2) is 32.8 Å². The molecule has 0 amide bonds. The molecule has 2 fully saturated rings. The van der Waals surface area contributed by atoms with Crippen LogP contribution in [0.1, 0.15) is 49.4 Å². The van der Waals surface area contributed by atoms with Crippen LogP contribution < -0.4 is 5.32 Å². The number of pyridine rings is 1. The van der Waals surface area contributed by atoms with Gasteiger partial charge in [-0.3, -0.25) is 10.1 Å². The number of anilines is 1. The van der Waals surface area contributed by atoms with Gasteiger partial charge in [0.05, 0.1) is 16.8 Å². The molecule has 6 nitrogen and oxygen atoms in total. The van der Waals surface area contributed by atoms with E-state index in [0.717, 1.165) is 36.7 Å². The Balaban J connectivity index is 1.33. The van der Waals surface area contributed by atoms with Gasteiger partial charge in [-0.25, -0.2) is 4.98 Å². The Morgan fingerprint density at radius 1 is 1.32 bits per heavy atom. The van der Waals surface area contributed by atoms with E-state index in [9.17, 15) is 0 Å². The third-order valence-corrected chi connectivity index (χ3v) is 4.47. The highest BCUT2D eigenvalue weighted by Gasteiger charge is 2.32. The highest BCUT2D eigenvalue weighted by Crippen LogP contribution is 2.39. The van der Waals surface area contributed by atoms with Crippen molar-refractivity contribution in [3.8, 4) is 0 Å². The summed E-state index contributed by atoms with van der Waals surface area (Å²) < 4.78 is 6.07. The molecule has 1 saturated carbocycles. The van der Waals surface area contributed by atoms with Gasteiger partial charge in [0.2, 0.25) is 0 Å². The number of rotatable bonds is 5. The highest BCUT2D eigenvalue weighted by molar-refractivity contribution is 6.33. The fourth-order valence-corrected chi connectivity index (χ4v) is 2.94. The maximum Gasteiger partial charge on any atom is 0.153 e. The molecule has 0 spiro atoms. The van der Waals surface area contributed by atoms with Crippen molar-refractivity contribution >= 4 is 17.3 Å². The van der Waals surface area contributed by atoms with Crippen LogP contribution in [0, 0.1) is 0 Å². The number of aromatic nitrogens is 4. The van der Waals surface area contributed by atoms with E-state index in [0.29, 0.717) is 10.9 Å². The Hall–Kier alpha value is -1.66. The summed E-state index contributed by atoms with van der Waals surface area (Å²) in [7, 11) is 0. The quantitative estimate of drug-likeness (QED) is 0.885. The maximum absolute atomic E-state index is 6.08. The van der Waals surface area contributed by atoms with Gasteiger partial charge in [0, 0.05) is 24.9 Å². The second kappa shape index (κ2) is 5.85. The Bertz CT molecular complexity index is 657. The zero-order chi connectivity index (χ0) is 14.9. The van der Waals surface area contributed by atoms with Crippen LogP contribution in [0.4, 0.5) is 5.69 Å². The summed E-state index contributed by atoms with van der Waals surface area (Å²) in [6, 6.07) is 1.87. The van der Waals surface area contributed by atoms with Gasteiger partial charge in [0.25, 0.3) is 0 Å². The summed E-state index contributed by atoms with van der Waals surface area (Å²) in [5.41, 5.74) is 0.888. The molecule has 2 aromatic rings. The molecule has 3 heterocycles. The van der Waals surface area contributed by atoms with Gasteiger partial charge in [-0.2, -0.15) is 5.10 Å². The van der Waals surface area contributed by atoms with Gasteiger partial charge in [-0.15, -0.1) is 0 Å². The summed E-state index contributed by atoms with van der Waals surface area (Å²) >= 11 is 6.08. The van der Waals surface area contributed by atoms with Gasteiger partial charge >= 0.3 is 0 Å². The zero-order valence-electron chi connectivity index (χ0n) is 12.1. The van der Waals surface area contributed by atoms with Crippen molar-refractivity contribution in [1.29, 1.82) is 0 Å². The number of nitrogens with one attached hydrogen (secondary N) is 2. The fraction of sp³-hybridized carbons (Fsp3) is 0.533. The minimum Gasteiger partial charge on any atom is -0.381 e. The molecular formula is C15H18ClN5O. The van der Waals surface area contributed by atoms with Gasteiger partial charge in [-0.05, 0) is 31.7 Å². The van der Waals surface area contributed by atoms with E-state index in [1.165, 1.54) is 12.8 Å². The minimum atomic E-state index is 0.0275. The van der Waals surface area contributed by atoms with Crippen molar-refractivity contribution in [2.45, 2.75) is 43.8 Å². The first-order valence-corrected chi connectivity index (χ1v) is 8.08. The van der Waals surface area contributed by atoms with Crippen LogP contribution in [0.5, 0.6) is 0 Å². The molecule has 0 bridgehead atoms. The molecule has 4 rings (SSSR count). The zero-order valence-corrected chi connectivity index (χ0v) is 12.9. The van der Waals surface area contributed by atoms with Crippen LogP contribution in [0.25, 0.3) is 0 Å². The summed E-state index contributed by atoms with van der Waals surface area (Å²) in [6.45, 7) is 0.726. The molecule has 1 saturated heterocycles. The van der Waals surface area contributed by atoms with Crippen LogP contribution in [0.3, 0.4) is 0 Å². The monoisotopic (exact) mass is 319 g/mol. The lowest BCUT2D eigenvalue weighted by molar-refractivity contribution is 0.0472. The molecule has 116 valence electrons. The predicted octanol–water partition coefficient (Wildman–Crippen LogP) is 3.06. The van der Waals surface area contributed by atoms with Crippen LogP contribution in [-0.2, 0) is 4.74 Å². The summed E-state index contributed by atoms with van der Waals surface area (Å²) in [4.78, 5) is 8.56. The molecule has 2 aromatic heterocycles. The van der Waals surface area contributed by atoms with E-state index < -0.39 is 0 Å². The number of H-pyrrole nitrogens is 1. The number of aromatic amines is 1. The Morgan fingerprint density at radius 2 is 2.23 bits per heavy atom. The molecule has 2 N–H and O–H groups in total. The van der Waals surface area contributed by atoms with Crippen molar-refractivity contribution < 1.29 is 4.74 Å². The van der Waals surface area contributed by atoms with Crippen molar-refractivity contribution in [3.05, 3.63) is 35.1 Å². The largest absolute Gasteiger partial charge is 0.381 e. The predicted molar refractivity (Wildman–Crippen MR) is 82.9 cm³/mol. The number of halogens is 1. The van der Waals surface area contributed by atoms with Crippen LogP contribution in [0.2, 0.25) is 5.02 Å². The SMILES string of the molecule is Clc1cnccc1NC[C@H]1CC[C@@H](c2nc(C3CC3)n[nH]2)O1. The van der Waals surface area contributed by atoms with Gasteiger partial charge < -0.3 is 10.1 Å². The third kappa shape index (κ3) is 2.94. The lowest BCUT2D eigenvalue weighted by Gasteiger charge is -2.14. The first-order valence-electron chi connectivity index (χ1n) is 7.70. The smallest absolute Gasteiger partial charge is 0.153 e. The normalized spacial score (nSPS) is 24.6. The van der Waals surface area contributed by atoms with Gasteiger partial charge in [0.15, 0.2) is 11.6 Å². The first-order chi connectivity index (χ1) is 10.8.